The van der Waals surface area contributed by atoms with Crippen LogP contribution >= 0.6 is 12.6 Å². The largest absolute Gasteiger partial charge is 0.462 e. The van der Waals surface area contributed by atoms with Gasteiger partial charge in [0.2, 0.25) is 0 Å². The van der Waals surface area contributed by atoms with Crippen LogP contribution in [-0.4, -0.2) is 83.0 Å². The molecule has 168 valence electrons. The SMILES string of the molecule is C=C(C)C(=O)OCCCNCCOCCOCCNCC(S)COC(=O)C(=C)C. The van der Waals surface area contributed by atoms with Crippen molar-refractivity contribution in [2.75, 3.05) is 65.8 Å². The predicted octanol–water partition coefficient (Wildman–Crippen LogP) is 1.13. The van der Waals surface area contributed by atoms with Gasteiger partial charge in [-0.3, -0.25) is 0 Å². The van der Waals surface area contributed by atoms with Crippen molar-refractivity contribution in [2.45, 2.75) is 25.5 Å². The number of hydrogen-bond acceptors (Lipinski definition) is 9. The lowest BCUT2D eigenvalue weighted by Gasteiger charge is -2.12. The molecule has 0 radical (unpaired) electrons. The van der Waals surface area contributed by atoms with Gasteiger partial charge in [-0.15, -0.1) is 0 Å². The van der Waals surface area contributed by atoms with Crippen molar-refractivity contribution < 1.29 is 28.5 Å². The number of carbonyl (C=O) groups excluding carboxylic acids is 2. The van der Waals surface area contributed by atoms with E-state index in [0.29, 0.717) is 57.3 Å². The lowest BCUT2D eigenvalue weighted by Crippen LogP contribution is -2.30. The van der Waals surface area contributed by atoms with Gasteiger partial charge in [0, 0.05) is 36.0 Å². The molecule has 1 atom stereocenters. The summed E-state index contributed by atoms with van der Waals surface area (Å²) in [7, 11) is 0. The number of carbonyl (C=O) groups is 2. The van der Waals surface area contributed by atoms with E-state index in [-0.39, 0.29) is 17.8 Å². The minimum absolute atomic E-state index is 0.0766. The molecule has 0 saturated heterocycles. The second-order valence-corrected chi connectivity index (χ2v) is 7.21. The van der Waals surface area contributed by atoms with E-state index in [0.717, 1.165) is 19.5 Å². The standard InChI is InChI=1S/C20H36N2O6S/c1-16(2)19(23)27-9-5-6-21-7-10-25-12-13-26-11-8-22-14-18(29)15-28-20(24)17(3)4/h18,21-22,29H,1,3,5-15H2,2,4H3. The molecular weight excluding hydrogens is 396 g/mol. The van der Waals surface area contributed by atoms with Gasteiger partial charge >= 0.3 is 11.9 Å². The van der Waals surface area contributed by atoms with Gasteiger partial charge in [0.25, 0.3) is 0 Å². The molecule has 0 aliphatic rings. The zero-order valence-corrected chi connectivity index (χ0v) is 18.6. The van der Waals surface area contributed by atoms with Crippen LogP contribution < -0.4 is 10.6 Å². The van der Waals surface area contributed by atoms with E-state index in [1.165, 1.54) is 0 Å². The first-order valence-corrected chi connectivity index (χ1v) is 10.3. The van der Waals surface area contributed by atoms with Crippen molar-refractivity contribution in [1.82, 2.24) is 10.6 Å². The molecule has 0 aromatic rings. The lowest BCUT2D eigenvalue weighted by molar-refractivity contribution is -0.139. The van der Waals surface area contributed by atoms with Crippen LogP contribution in [0, 0.1) is 0 Å². The number of thiol groups is 1. The topological polar surface area (TPSA) is 95.1 Å². The maximum Gasteiger partial charge on any atom is 0.333 e. The molecule has 1 unspecified atom stereocenters. The molecule has 29 heavy (non-hydrogen) atoms. The Morgan fingerprint density at radius 3 is 1.97 bits per heavy atom. The first kappa shape index (κ1) is 27.6. The minimum Gasteiger partial charge on any atom is -0.462 e. The van der Waals surface area contributed by atoms with E-state index in [9.17, 15) is 9.59 Å². The van der Waals surface area contributed by atoms with Gasteiger partial charge < -0.3 is 29.6 Å². The lowest BCUT2D eigenvalue weighted by atomic mass is 10.3. The van der Waals surface area contributed by atoms with Gasteiger partial charge in [0.05, 0.1) is 33.0 Å². The molecule has 0 saturated carbocycles. The van der Waals surface area contributed by atoms with Gasteiger partial charge in [0.15, 0.2) is 0 Å². The van der Waals surface area contributed by atoms with Crippen molar-refractivity contribution in [3.8, 4) is 0 Å². The zero-order valence-electron chi connectivity index (χ0n) is 17.7. The Bertz CT molecular complexity index is 501. The van der Waals surface area contributed by atoms with Crippen LogP contribution in [0.1, 0.15) is 20.3 Å². The summed E-state index contributed by atoms with van der Waals surface area (Å²) in [4.78, 5) is 22.4. The Kier molecular flexibility index (Phi) is 17.7. The third kappa shape index (κ3) is 18.4. The summed E-state index contributed by atoms with van der Waals surface area (Å²) in [6.45, 7) is 15.9. The number of ether oxygens (including phenoxy) is 4. The fourth-order valence-electron chi connectivity index (χ4n) is 1.84. The fraction of sp³-hybridized carbons (Fsp3) is 0.700. The molecule has 8 nitrogen and oxygen atoms in total. The summed E-state index contributed by atoms with van der Waals surface area (Å²) in [5.41, 5.74) is 0.795. The first-order valence-electron chi connectivity index (χ1n) is 9.74. The highest BCUT2D eigenvalue weighted by atomic mass is 32.1. The summed E-state index contributed by atoms with van der Waals surface area (Å²) >= 11 is 4.35. The molecule has 0 bridgehead atoms. The average molecular weight is 433 g/mol. The highest BCUT2D eigenvalue weighted by Gasteiger charge is 2.08. The Morgan fingerprint density at radius 1 is 0.828 bits per heavy atom. The molecule has 0 aliphatic carbocycles. The van der Waals surface area contributed by atoms with Crippen LogP contribution in [0.4, 0.5) is 0 Å². The number of nitrogens with one attached hydrogen (secondary N) is 2. The highest BCUT2D eigenvalue weighted by molar-refractivity contribution is 7.81. The number of hydrogen-bond donors (Lipinski definition) is 3. The van der Waals surface area contributed by atoms with Crippen LogP contribution in [0.2, 0.25) is 0 Å². The van der Waals surface area contributed by atoms with Crippen LogP contribution in [0.3, 0.4) is 0 Å². The van der Waals surface area contributed by atoms with Crippen molar-refractivity contribution >= 4 is 24.6 Å². The molecule has 2 N–H and O–H groups in total. The van der Waals surface area contributed by atoms with E-state index in [1.54, 1.807) is 13.8 Å². The first-order chi connectivity index (χ1) is 13.8. The Hall–Kier alpha value is -1.39. The molecule has 0 aliphatic heterocycles. The van der Waals surface area contributed by atoms with Crippen molar-refractivity contribution in [3.63, 3.8) is 0 Å². The average Bonchev–Trinajstić information content (AvgIpc) is 2.68. The quantitative estimate of drug-likeness (QED) is 0.121. The molecule has 9 heteroatoms. The van der Waals surface area contributed by atoms with Crippen LogP contribution in [-0.2, 0) is 28.5 Å². The molecule has 0 amide bonds. The molecule has 0 aromatic carbocycles. The van der Waals surface area contributed by atoms with E-state index >= 15 is 0 Å². The molecule has 0 spiro atoms. The second kappa shape index (κ2) is 18.6. The maximum atomic E-state index is 11.3. The smallest absolute Gasteiger partial charge is 0.333 e. The van der Waals surface area contributed by atoms with Crippen molar-refractivity contribution in [2.24, 2.45) is 0 Å². The van der Waals surface area contributed by atoms with Gasteiger partial charge in [0.1, 0.15) is 6.61 Å². The zero-order chi connectivity index (χ0) is 21.9. The third-order valence-corrected chi connectivity index (χ3v) is 3.76. The molecule has 0 rings (SSSR count). The number of esters is 2. The predicted molar refractivity (Wildman–Crippen MR) is 116 cm³/mol. The van der Waals surface area contributed by atoms with E-state index in [1.807, 2.05) is 0 Å². The summed E-state index contributed by atoms with van der Waals surface area (Å²) in [5.74, 6) is -0.746. The Morgan fingerprint density at radius 2 is 1.38 bits per heavy atom. The molecular formula is C20H36N2O6S. The minimum atomic E-state index is -0.397. The normalized spacial score (nSPS) is 11.7. The van der Waals surface area contributed by atoms with Gasteiger partial charge in [-0.05, 0) is 26.8 Å². The molecule has 0 heterocycles. The molecule has 0 fully saturated rings. The summed E-state index contributed by atoms with van der Waals surface area (Å²) in [6.07, 6.45) is 0.749. The van der Waals surface area contributed by atoms with Gasteiger partial charge in [-0.25, -0.2) is 9.59 Å². The molecule has 0 aromatic heterocycles. The second-order valence-electron chi connectivity index (χ2n) is 6.48. The Balaban J connectivity index is 3.26. The monoisotopic (exact) mass is 432 g/mol. The van der Waals surface area contributed by atoms with Crippen LogP contribution in [0.15, 0.2) is 24.3 Å². The van der Waals surface area contributed by atoms with Crippen LogP contribution in [0.5, 0.6) is 0 Å². The van der Waals surface area contributed by atoms with Gasteiger partial charge in [-0.2, -0.15) is 12.6 Å². The summed E-state index contributed by atoms with van der Waals surface area (Å²) in [6, 6.07) is 0. The summed E-state index contributed by atoms with van der Waals surface area (Å²) < 4.78 is 20.9. The maximum absolute atomic E-state index is 11.3. The van der Waals surface area contributed by atoms with Crippen molar-refractivity contribution in [3.05, 3.63) is 24.3 Å². The van der Waals surface area contributed by atoms with E-state index < -0.39 is 5.97 Å². The van der Waals surface area contributed by atoms with E-state index in [4.69, 9.17) is 18.9 Å². The number of rotatable bonds is 19. The fourth-order valence-corrected chi connectivity index (χ4v) is 2.05. The van der Waals surface area contributed by atoms with E-state index in [2.05, 4.69) is 36.4 Å². The van der Waals surface area contributed by atoms with Gasteiger partial charge in [-0.1, -0.05) is 13.2 Å². The third-order valence-electron chi connectivity index (χ3n) is 3.43. The Labute approximate surface area is 179 Å². The van der Waals surface area contributed by atoms with Crippen molar-refractivity contribution in [1.29, 1.82) is 0 Å². The highest BCUT2D eigenvalue weighted by Crippen LogP contribution is 1.98. The van der Waals surface area contributed by atoms with Crippen LogP contribution in [0.25, 0.3) is 0 Å². The summed E-state index contributed by atoms with van der Waals surface area (Å²) in [5, 5.41) is 6.32.